The van der Waals surface area contributed by atoms with Crippen LogP contribution in [-0.2, 0) is 4.79 Å². The third kappa shape index (κ3) is 5.39. The SMILES string of the molecule is NC(=O)[CH]CNO. The summed E-state index contributed by atoms with van der Waals surface area (Å²) in [6.45, 7) is 0.106. The van der Waals surface area contributed by atoms with Crippen LogP contribution in [0.5, 0.6) is 0 Å². The van der Waals surface area contributed by atoms with E-state index in [0.717, 1.165) is 6.42 Å². The number of hydroxylamine groups is 1. The Morgan fingerprint density at radius 1 is 2.00 bits per heavy atom. The maximum Gasteiger partial charge on any atom is 0.222 e. The van der Waals surface area contributed by atoms with Gasteiger partial charge < -0.3 is 10.9 Å². The average Bonchev–Trinajstić information content (AvgIpc) is 1.61. The van der Waals surface area contributed by atoms with Crippen molar-refractivity contribution in [2.45, 2.75) is 0 Å². The van der Waals surface area contributed by atoms with Gasteiger partial charge in [0.2, 0.25) is 5.91 Å². The summed E-state index contributed by atoms with van der Waals surface area (Å²) < 4.78 is 0. The first-order valence-corrected chi connectivity index (χ1v) is 1.77. The van der Waals surface area contributed by atoms with Gasteiger partial charge in [-0.15, -0.1) is 0 Å². The summed E-state index contributed by atoms with van der Waals surface area (Å²) in [5, 5.41) is 7.83. The van der Waals surface area contributed by atoms with E-state index in [1.807, 2.05) is 0 Å². The van der Waals surface area contributed by atoms with Crippen LogP contribution in [0.15, 0.2) is 0 Å². The normalized spacial score (nSPS) is 8.71. The molecule has 4 heteroatoms. The number of primary amides is 1. The van der Waals surface area contributed by atoms with Gasteiger partial charge in [0.15, 0.2) is 0 Å². The monoisotopic (exact) mass is 103 g/mol. The Hall–Kier alpha value is -0.610. The largest absolute Gasteiger partial charge is 0.369 e. The third-order valence-electron chi connectivity index (χ3n) is 0.395. The molecule has 0 aromatic rings. The van der Waals surface area contributed by atoms with Crippen LogP contribution in [0.25, 0.3) is 0 Å². The molecule has 0 unspecified atom stereocenters. The lowest BCUT2D eigenvalue weighted by Crippen LogP contribution is -2.19. The molecule has 4 nitrogen and oxygen atoms in total. The number of hydrogen-bond donors (Lipinski definition) is 3. The van der Waals surface area contributed by atoms with E-state index in [2.05, 4.69) is 5.73 Å². The molecular weight excluding hydrogens is 96.0 g/mol. The van der Waals surface area contributed by atoms with Gasteiger partial charge in [0.25, 0.3) is 0 Å². The molecule has 0 aliphatic carbocycles. The Morgan fingerprint density at radius 3 is 2.71 bits per heavy atom. The molecule has 0 spiro atoms. The predicted octanol–water partition coefficient (Wildman–Crippen LogP) is -1.35. The number of amides is 1. The second-order valence-corrected chi connectivity index (χ2v) is 0.969. The minimum absolute atomic E-state index is 0.106. The van der Waals surface area contributed by atoms with Crippen molar-refractivity contribution in [1.29, 1.82) is 0 Å². The molecule has 0 aromatic carbocycles. The van der Waals surface area contributed by atoms with Crippen LogP contribution >= 0.6 is 0 Å². The Kier molecular flexibility index (Phi) is 3.26. The predicted molar refractivity (Wildman–Crippen MR) is 23.3 cm³/mol. The van der Waals surface area contributed by atoms with Gasteiger partial charge in [-0.05, 0) is 0 Å². The Balaban J connectivity index is 2.82. The molecule has 41 valence electrons. The van der Waals surface area contributed by atoms with Crippen LogP contribution in [0, 0.1) is 6.42 Å². The Labute approximate surface area is 41.3 Å². The van der Waals surface area contributed by atoms with Crippen LogP contribution in [-0.4, -0.2) is 17.7 Å². The van der Waals surface area contributed by atoms with E-state index in [1.54, 1.807) is 5.48 Å². The highest BCUT2D eigenvalue weighted by molar-refractivity contribution is 5.82. The molecule has 0 saturated carbocycles. The van der Waals surface area contributed by atoms with Crippen LogP contribution in [0.4, 0.5) is 0 Å². The summed E-state index contributed by atoms with van der Waals surface area (Å²) in [6, 6.07) is 0. The number of carbonyl (C=O) groups is 1. The van der Waals surface area contributed by atoms with E-state index in [4.69, 9.17) is 5.21 Å². The summed E-state index contributed by atoms with van der Waals surface area (Å²) in [4.78, 5) is 9.77. The van der Waals surface area contributed by atoms with E-state index in [0.29, 0.717) is 0 Å². The van der Waals surface area contributed by atoms with Gasteiger partial charge in [0, 0.05) is 6.54 Å². The third-order valence-corrected chi connectivity index (χ3v) is 0.395. The molecule has 1 amide bonds. The van der Waals surface area contributed by atoms with Crippen molar-refractivity contribution in [3.63, 3.8) is 0 Å². The van der Waals surface area contributed by atoms with E-state index in [1.165, 1.54) is 0 Å². The Bertz CT molecular complexity index is 64.0. The topological polar surface area (TPSA) is 75.4 Å². The zero-order valence-electron chi connectivity index (χ0n) is 3.72. The fraction of sp³-hybridized carbons (Fsp3) is 0.333. The fourth-order valence-corrected chi connectivity index (χ4v) is 0.146. The number of carbonyl (C=O) groups excluding carboxylic acids is 1. The van der Waals surface area contributed by atoms with Gasteiger partial charge in [-0.3, -0.25) is 4.79 Å². The highest BCUT2D eigenvalue weighted by Crippen LogP contribution is 1.64. The first-order valence-electron chi connectivity index (χ1n) is 1.77. The summed E-state index contributed by atoms with van der Waals surface area (Å²) in [5.41, 5.74) is 6.38. The van der Waals surface area contributed by atoms with Crippen molar-refractivity contribution in [3.05, 3.63) is 6.42 Å². The van der Waals surface area contributed by atoms with Gasteiger partial charge in [0.05, 0.1) is 6.42 Å². The Morgan fingerprint density at radius 2 is 2.57 bits per heavy atom. The molecule has 0 heterocycles. The highest BCUT2D eigenvalue weighted by atomic mass is 16.5. The van der Waals surface area contributed by atoms with E-state index >= 15 is 0 Å². The second-order valence-electron chi connectivity index (χ2n) is 0.969. The lowest BCUT2D eigenvalue weighted by atomic mass is 10.4. The maximum absolute atomic E-state index is 9.77. The molecular formula is C3H7N2O2. The number of nitrogens with two attached hydrogens (primary N) is 1. The second kappa shape index (κ2) is 3.58. The van der Waals surface area contributed by atoms with Crippen LogP contribution in [0.3, 0.4) is 0 Å². The minimum atomic E-state index is -0.540. The molecule has 4 N–H and O–H groups in total. The van der Waals surface area contributed by atoms with Gasteiger partial charge in [-0.1, -0.05) is 0 Å². The zero-order chi connectivity index (χ0) is 5.70. The van der Waals surface area contributed by atoms with Crippen molar-refractivity contribution in [2.24, 2.45) is 5.73 Å². The van der Waals surface area contributed by atoms with Gasteiger partial charge in [0.1, 0.15) is 0 Å². The van der Waals surface area contributed by atoms with Crippen molar-refractivity contribution >= 4 is 5.91 Å². The van der Waals surface area contributed by atoms with E-state index in [-0.39, 0.29) is 6.54 Å². The molecule has 0 rings (SSSR count). The number of hydrogen-bond acceptors (Lipinski definition) is 3. The molecule has 0 atom stereocenters. The molecule has 0 bridgehead atoms. The molecule has 0 aliphatic rings. The molecule has 0 aliphatic heterocycles. The molecule has 0 aromatic heterocycles. The van der Waals surface area contributed by atoms with Crippen molar-refractivity contribution in [2.75, 3.05) is 6.54 Å². The quantitative estimate of drug-likeness (QED) is 0.387. The molecule has 7 heavy (non-hydrogen) atoms. The summed E-state index contributed by atoms with van der Waals surface area (Å²) in [5.74, 6) is -0.540. The molecule has 1 radical (unpaired) electrons. The summed E-state index contributed by atoms with van der Waals surface area (Å²) in [6.07, 6.45) is 1.12. The van der Waals surface area contributed by atoms with Crippen LogP contribution in [0.1, 0.15) is 0 Å². The number of rotatable bonds is 3. The van der Waals surface area contributed by atoms with Crippen LogP contribution < -0.4 is 11.2 Å². The van der Waals surface area contributed by atoms with Gasteiger partial charge in [-0.2, -0.15) is 0 Å². The average molecular weight is 103 g/mol. The standard InChI is InChI=1S/C3H7N2O2/c4-3(6)1-2-5-7/h1,5,7H,2H2,(H2,4,6). The van der Waals surface area contributed by atoms with Gasteiger partial charge in [-0.25, -0.2) is 5.48 Å². The molecule has 0 saturated heterocycles. The zero-order valence-corrected chi connectivity index (χ0v) is 3.72. The van der Waals surface area contributed by atoms with Crippen molar-refractivity contribution in [3.8, 4) is 0 Å². The van der Waals surface area contributed by atoms with E-state index < -0.39 is 5.91 Å². The lowest BCUT2D eigenvalue weighted by Gasteiger charge is -1.88. The fourth-order valence-electron chi connectivity index (χ4n) is 0.146. The summed E-state index contributed by atoms with van der Waals surface area (Å²) >= 11 is 0. The smallest absolute Gasteiger partial charge is 0.222 e. The minimum Gasteiger partial charge on any atom is -0.369 e. The van der Waals surface area contributed by atoms with Crippen LogP contribution in [0.2, 0.25) is 0 Å². The van der Waals surface area contributed by atoms with Gasteiger partial charge >= 0.3 is 0 Å². The maximum atomic E-state index is 9.77. The lowest BCUT2D eigenvalue weighted by molar-refractivity contribution is -0.115. The van der Waals surface area contributed by atoms with E-state index in [9.17, 15) is 4.79 Å². The number of nitrogens with one attached hydrogen (secondary N) is 1. The first-order chi connectivity index (χ1) is 3.27. The summed E-state index contributed by atoms with van der Waals surface area (Å²) in [7, 11) is 0. The van der Waals surface area contributed by atoms with Crippen molar-refractivity contribution in [1.82, 2.24) is 5.48 Å². The highest BCUT2D eigenvalue weighted by Gasteiger charge is 1.89. The first kappa shape index (κ1) is 6.39. The molecule has 0 fully saturated rings. The van der Waals surface area contributed by atoms with Crippen molar-refractivity contribution < 1.29 is 10.0 Å².